The maximum Gasteiger partial charge on any atom is 0.419 e. The molecule has 1 saturated heterocycles. The first-order chi connectivity index (χ1) is 9.79. The molecule has 2 heterocycles. The van der Waals surface area contributed by atoms with E-state index in [1.165, 1.54) is 0 Å². The van der Waals surface area contributed by atoms with Crippen molar-refractivity contribution in [2.75, 3.05) is 18.0 Å². The first-order valence-electron chi connectivity index (χ1n) is 6.66. The summed E-state index contributed by atoms with van der Waals surface area (Å²) in [5, 5.41) is 8.98. The quantitative estimate of drug-likeness (QED) is 0.929. The van der Waals surface area contributed by atoms with Gasteiger partial charge in [-0.15, -0.1) is 0 Å². The van der Waals surface area contributed by atoms with Crippen molar-refractivity contribution in [2.24, 2.45) is 11.8 Å². The van der Waals surface area contributed by atoms with Crippen molar-refractivity contribution in [1.29, 1.82) is 0 Å². The normalized spacial score (nSPS) is 18.6. The van der Waals surface area contributed by atoms with Crippen LogP contribution >= 0.6 is 0 Å². The Kier molecular flexibility index (Phi) is 4.34. The van der Waals surface area contributed by atoms with Crippen LogP contribution in [0.3, 0.4) is 0 Å². The van der Waals surface area contributed by atoms with Gasteiger partial charge in [-0.1, -0.05) is 6.92 Å². The lowest BCUT2D eigenvalue weighted by molar-refractivity contribution is -0.143. The van der Waals surface area contributed by atoms with Crippen molar-refractivity contribution in [1.82, 2.24) is 9.97 Å². The Morgan fingerprint density at radius 2 is 1.86 bits per heavy atom. The molecule has 0 bridgehead atoms. The lowest BCUT2D eigenvalue weighted by Gasteiger charge is -2.33. The van der Waals surface area contributed by atoms with E-state index in [1.54, 1.807) is 11.8 Å². The second-order valence-corrected chi connectivity index (χ2v) is 5.22. The molecule has 5 nitrogen and oxygen atoms in total. The molecule has 1 aliphatic heterocycles. The molecule has 1 aromatic heterocycles. The van der Waals surface area contributed by atoms with Gasteiger partial charge < -0.3 is 10.0 Å². The van der Waals surface area contributed by atoms with E-state index < -0.39 is 23.6 Å². The highest BCUT2D eigenvalue weighted by molar-refractivity contribution is 5.69. The van der Waals surface area contributed by atoms with E-state index in [9.17, 15) is 18.0 Å². The van der Waals surface area contributed by atoms with Crippen LogP contribution in [0.2, 0.25) is 0 Å². The number of carboxylic acids is 1. The fourth-order valence-electron chi connectivity index (χ4n) is 2.43. The first-order valence-corrected chi connectivity index (χ1v) is 6.66. The number of halogens is 3. The second-order valence-electron chi connectivity index (χ2n) is 5.22. The molecule has 0 spiro atoms. The summed E-state index contributed by atoms with van der Waals surface area (Å²) in [7, 11) is 0. The van der Waals surface area contributed by atoms with E-state index in [1.807, 2.05) is 0 Å². The van der Waals surface area contributed by atoms with Gasteiger partial charge in [-0.05, 0) is 18.8 Å². The average molecular weight is 303 g/mol. The van der Waals surface area contributed by atoms with Crippen LogP contribution in [0.15, 0.2) is 12.4 Å². The molecular weight excluding hydrogens is 287 g/mol. The van der Waals surface area contributed by atoms with Crippen LogP contribution < -0.4 is 4.90 Å². The number of alkyl halides is 3. The minimum Gasteiger partial charge on any atom is -0.481 e. The van der Waals surface area contributed by atoms with Crippen LogP contribution in [0.4, 0.5) is 19.1 Å². The van der Waals surface area contributed by atoms with Gasteiger partial charge >= 0.3 is 12.1 Å². The number of nitrogens with zero attached hydrogens (tertiary/aromatic N) is 3. The van der Waals surface area contributed by atoms with Gasteiger partial charge in [-0.3, -0.25) is 4.79 Å². The van der Waals surface area contributed by atoms with Crippen LogP contribution in [-0.2, 0) is 11.0 Å². The summed E-state index contributed by atoms with van der Waals surface area (Å²) in [6.45, 7) is 2.78. The highest BCUT2D eigenvalue weighted by Crippen LogP contribution is 2.30. The van der Waals surface area contributed by atoms with Gasteiger partial charge in [0.1, 0.15) is 0 Å². The number of aliphatic carboxylic acids is 1. The maximum atomic E-state index is 12.4. The molecule has 0 amide bonds. The summed E-state index contributed by atoms with van der Waals surface area (Å²) in [6.07, 6.45) is -1.57. The topological polar surface area (TPSA) is 66.3 Å². The molecule has 1 aromatic rings. The zero-order chi connectivity index (χ0) is 15.6. The molecular formula is C13H16F3N3O2. The molecule has 1 aliphatic rings. The fraction of sp³-hybridized carbons (Fsp3) is 0.615. The van der Waals surface area contributed by atoms with Crippen LogP contribution in [0.5, 0.6) is 0 Å². The Labute approximate surface area is 119 Å². The summed E-state index contributed by atoms with van der Waals surface area (Å²) >= 11 is 0. The van der Waals surface area contributed by atoms with Crippen molar-refractivity contribution >= 4 is 11.9 Å². The van der Waals surface area contributed by atoms with Gasteiger partial charge in [0, 0.05) is 25.5 Å². The first kappa shape index (κ1) is 15.5. The van der Waals surface area contributed by atoms with E-state index in [0.717, 1.165) is 12.4 Å². The summed E-state index contributed by atoms with van der Waals surface area (Å²) in [4.78, 5) is 20.2. The Hall–Kier alpha value is -1.86. The third-order valence-electron chi connectivity index (χ3n) is 3.88. The zero-order valence-electron chi connectivity index (χ0n) is 11.5. The molecule has 1 unspecified atom stereocenters. The molecule has 0 radical (unpaired) electrons. The van der Waals surface area contributed by atoms with Crippen LogP contribution in [-0.4, -0.2) is 34.1 Å². The summed E-state index contributed by atoms with van der Waals surface area (Å²) in [5.41, 5.74) is -0.874. The summed E-state index contributed by atoms with van der Waals surface area (Å²) < 4.78 is 37.3. The molecule has 0 aliphatic carbocycles. The predicted octanol–water partition coefficient (Wildman–Crippen LogP) is 2.43. The van der Waals surface area contributed by atoms with E-state index in [0.29, 0.717) is 25.9 Å². The van der Waals surface area contributed by atoms with Gasteiger partial charge in [0.15, 0.2) is 0 Å². The molecule has 1 atom stereocenters. The fourth-order valence-corrected chi connectivity index (χ4v) is 2.43. The van der Waals surface area contributed by atoms with Crippen LogP contribution in [0.25, 0.3) is 0 Å². The number of rotatable bonds is 3. The van der Waals surface area contributed by atoms with Gasteiger partial charge in [-0.25, -0.2) is 9.97 Å². The lowest BCUT2D eigenvalue weighted by Crippen LogP contribution is -2.38. The standard InChI is InChI=1S/C13H16F3N3O2/c1-8(11(20)21)9-2-4-19(5-3-9)12-17-6-10(7-18-12)13(14,15)16/h6-9H,2-5H2,1H3,(H,20,21). The van der Waals surface area contributed by atoms with E-state index >= 15 is 0 Å². The van der Waals surface area contributed by atoms with Crippen molar-refractivity contribution in [3.05, 3.63) is 18.0 Å². The number of hydrogen-bond acceptors (Lipinski definition) is 4. The van der Waals surface area contributed by atoms with Gasteiger partial charge in [0.05, 0.1) is 11.5 Å². The average Bonchev–Trinajstić information content (AvgIpc) is 2.46. The molecule has 1 N–H and O–H groups in total. The Morgan fingerprint density at radius 1 is 1.33 bits per heavy atom. The number of anilines is 1. The summed E-state index contributed by atoms with van der Waals surface area (Å²) in [6, 6.07) is 0. The molecule has 0 saturated carbocycles. The minimum absolute atomic E-state index is 0.0770. The third kappa shape index (κ3) is 3.62. The Morgan fingerprint density at radius 3 is 2.29 bits per heavy atom. The highest BCUT2D eigenvalue weighted by Gasteiger charge is 2.32. The van der Waals surface area contributed by atoms with Gasteiger partial charge in [0.2, 0.25) is 5.95 Å². The van der Waals surface area contributed by atoms with Gasteiger partial charge in [0.25, 0.3) is 0 Å². The predicted molar refractivity (Wildman–Crippen MR) is 68.8 cm³/mol. The van der Waals surface area contributed by atoms with Crippen molar-refractivity contribution < 1.29 is 23.1 Å². The van der Waals surface area contributed by atoms with Crippen molar-refractivity contribution in [3.63, 3.8) is 0 Å². The third-order valence-corrected chi connectivity index (χ3v) is 3.88. The number of piperidine rings is 1. The highest BCUT2D eigenvalue weighted by atomic mass is 19.4. The van der Waals surface area contributed by atoms with Crippen LogP contribution in [0, 0.1) is 11.8 Å². The van der Waals surface area contributed by atoms with Crippen LogP contribution in [0.1, 0.15) is 25.3 Å². The molecule has 8 heteroatoms. The number of carboxylic acid groups (broad SMARTS) is 1. The van der Waals surface area contributed by atoms with E-state index in [2.05, 4.69) is 9.97 Å². The Bertz CT molecular complexity index is 496. The van der Waals surface area contributed by atoms with E-state index in [-0.39, 0.29) is 11.9 Å². The monoisotopic (exact) mass is 303 g/mol. The summed E-state index contributed by atoms with van der Waals surface area (Å²) in [5.74, 6) is -0.905. The molecule has 0 aromatic carbocycles. The molecule has 116 valence electrons. The lowest BCUT2D eigenvalue weighted by atomic mass is 9.85. The number of carbonyl (C=O) groups is 1. The smallest absolute Gasteiger partial charge is 0.419 e. The minimum atomic E-state index is -4.44. The number of hydrogen-bond donors (Lipinski definition) is 1. The van der Waals surface area contributed by atoms with Crippen molar-refractivity contribution in [2.45, 2.75) is 25.9 Å². The molecule has 21 heavy (non-hydrogen) atoms. The van der Waals surface area contributed by atoms with Gasteiger partial charge in [-0.2, -0.15) is 13.2 Å². The maximum absolute atomic E-state index is 12.4. The SMILES string of the molecule is CC(C(=O)O)C1CCN(c2ncc(C(F)(F)F)cn2)CC1. The van der Waals surface area contributed by atoms with E-state index in [4.69, 9.17) is 5.11 Å². The van der Waals surface area contributed by atoms with Crippen molar-refractivity contribution in [3.8, 4) is 0 Å². The Balaban J connectivity index is 1.98. The largest absolute Gasteiger partial charge is 0.481 e. The molecule has 2 rings (SSSR count). The number of aromatic nitrogens is 2. The molecule has 1 fully saturated rings. The zero-order valence-corrected chi connectivity index (χ0v) is 11.5. The second kappa shape index (κ2) is 5.87.